The van der Waals surface area contributed by atoms with Crippen molar-refractivity contribution in [2.75, 3.05) is 0 Å². The fourth-order valence-corrected chi connectivity index (χ4v) is 3.26. The predicted molar refractivity (Wildman–Crippen MR) is 96.0 cm³/mol. The van der Waals surface area contributed by atoms with Gasteiger partial charge < -0.3 is 14.6 Å². The van der Waals surface area contributed by atoms with Crippen molar-refractivity contribution >= 4 is 11.8 Å². The van der Waals surface area contributed by atoms with Crippen molar-refractivity contribution in [2.24, 2.45) is 0 Å². The van der Waals surface area contributed by atoms with Crippen molar-refractivity contribution in [1.82, 2.24) is 9.38 Å². The van der Waals surface area contributed by atoms with E-state index in [1.165, 1.54) is 16.5 Å². The van der Waals surface area contributed by atoms with E-state index in [1.807, 2.05) is 0 Å². The zero-order valence-corrected chi connectivity index (χ0v) is 15.3. The Morgan fingerprint density at radius 3 is 2.75 bits per heavy atom. The molecule has 0 unspecified atom stereocenters. The van der Waals surface area contributed by atoms with Gasteiger partial charge in [0.05, 0.1) is 5.56 Å². The monoisotopic (exact) mass is 388 g/mol. The van der Waals surface area contributed by atoms with Gasteiger partial charge in [-0.25, -0.2) is 18.6 Å². The normalized spacial score (nSPS) is 13.7. The number of hydrogen-bond acceptors (Lipinski definition) is 4. The number of hydrogen-bond donors (Lipinski definition) is 1. The second kappa shape index (κ2) is 6.78. The Morgan fingerprint density at radius 2 is 2.07 bits per heavy atom. The zero-order valence-electron chi connectivity index (χ0n) is 15.3. The van der Waals surface area contributed by atoms with E-state index in [2.05, 4.69) is 4.98 Å². The zero-order chi connectivity index (χ0) is 20.0. The predicted octanol–water partition coefficient (Wildman–Crippen LogP) is 4.74. The summed E-state index contributed by atoms with van der Waals surface area (Å²) in [7, 11) is 0. The first-order valence-corrected chi connectivity index (χ1v) is 8.84. The van der Waals surface area contributed by atoms with Crippen molar-refractivity contribution in [2.45, 2.75) is 39.2 Å². The van der Waals surface area contributed by atoms with Crippen LogP contribution < -0.4 is 9.47 Å². The minimum Gasteiger partial charge on any atom is -0.485 e. The largest absolute Gasteiger partial charge is 0.512 e. The number of nitrogens with zero attached hydrogens (tertiary/aromatic N) is 2. The number of imidazole rings is 1. The molecule has 3 aromatic rings. The number of halogens is 2. The van der Waals surface area contributed by atoms with Gasteiger partial charge in [0.15, 0.2) is 11.4 Å². The van der Waals surface area contributed by atoms with Crippen LogP contribution in [-0.2, 0) is 6.61 Å². The number of rotatable bonds is 5. The average molecular weight is 388 g/mol. The smallest absolute Gasteiger partial charge is 0.485 e. The Balaban J connectivity index is 1.69. The van der Waals surface area contributed by atoms with Crippen molar-refractivity contribution in [3.63, 3.8) is 0 Å². The van der Waals surface area contributed by atoms with Gasteiger partial charge in [-0.1, -0.05) is 6.07 Å². The summed E-state index contributed by atoms with van der Waals surface area (Å²) in [5.74, 6) is -0.764. The van der Waals surface area contributed by atoms with Crippen LogP contribution in [0, 0.1) is 25.5 Å². The lowest BCUT2D eigenvalue weighted by molar-refractivity contribution is 0.141. The van der Waals surface area contributed by atoms with Gasteiger partial charge in [0, 0.05) is 6.20 Å². The van der Waals surface area contributed by atoms with Crippen LogP contribution in [0.3, 0.4) is 0 Å². The maximum atomic E-state index is 14.7. The highest BCUT2D eigenvalue weighted by Crippen LogP contribution is 2.42. The molecule has 0 bridgehead atoms. The molecule has 0 amide bonds. The van der Waals surface area contributed by atoms with Gasteiger partial charge in [-0.2, -0.15) is 0 Å². The quantitative estimate of drug-likeness (QED) is 0.639. The van der Waals surface area contributed by atoms with Crippen LogP contribution >= 0.6 is 0 Å². The summed E-state index contributed by atoms with van der Waals surface area (Å²) >= 11 is 0. The third kappa shape index (κ3) is 3.26. The fourth-order valence-electron chi connectivity index (χ4n) is 3.26. The summed E-state index contributed by atoms with van der Waals surface area (Å²) in [6.07, 6.45) is 1.99. The van der Waals surface area contributed by atoms with Gasteiger partial charge in [0.1, 0.15) is 23.9 Å². The topological polar surface area (TPSA) is 73.1 Å². The SMILES string of the molecule is Cc1cc(OCc2c(F)ccc(C3CC3)c2F)c2nc(C)c(OC(=O)O)n2c1. The summed E-state index contributed by atoms with van der Waals surface area (Å²) in [5.41, 5.74) is 1.78. The molecule has 1 fully saturated rings. The highest BCUT2D eigenvalue weighted by Gasteiger charge is 2.29. The van der Waals surface area contributed by atoms with E-state index in [1.54, 1.807) is 26.1 Å². The molecule has 0 aliphatic heterocycles. The van der Waals surface area contributed by atoms with Crippen LogP contribution in [0.1, 0.15) is 41.1 Å². The average Bonchev–Trinajstić information content (AvgIpc) is 3.41. The van der Waals surface area contributed by atoms with Crippen LogP contribution in [0.15, 0.2) is 24.4 Å². The first-order valence-electron chi connectivity index (χ1n) is 8.84. The molecule has 2 aromatic heterocycles. The number of ether oxygens (including phenoxy) is 2. The number of pyridine rings is 1. The molecule has 1 N–H and O–H groups in total. The second-order valence-corrected chi connectivity index (χ2v) is 6.94. The Labute approximate surface area is 159 Å². The molecule has 6 nitrogen and oxygen atoms in total. The van der Waals surface area contributed by atoms with E-state index in [0.717, 1.165) is 18.4 Å². The summed E-state index contributed by atoms with van der Waals surface area (Å²) < 4.78 is 40.9. The molecule has 8 heteroatoms. The van der Waals surface area contributed by atoms with Crippen LogP contribution in [0.2, 0.25) is 0 Å². The van der Waals surface area contributed by atoms with Gasteiger partial charge in [-0.15, -0.1) is 0 Å². The Morgan fingerprint density at radius 1 is 1.32 bits per heavy atom. The summed E-state index contributed by atoms with van der Waals surface area (Å²) in [5, 5.41) is 8.92. The number of benzene rings is 1. The lowest BCUT2D eigenvalue weighted by atomic mass is 10.1. The third-order valence-corrected chi connectivity index (χ3v) is 4.73. The van der Waals surface area contributed by atoms with E-state index >= 15 is 0 Å². The van der Waals surface area contributed by atoms with Crippen LogP contribution in [0.4, 0.5) is 13.6 Å². The molecule has 0 spiro atoms. The lowest BCUT2D eigenvalue weighted by Gasteiger charge is -2.12. The molecule has 0 radical (unpaired) electrons. The van der Waals surface area contributed by atoms with E-state index < -0.39 is 17.8 Å². The molecule has 28 heavy (non-hydrogen) atoms. The fraction of sp³-hybridized carbons (Fsp3) is 0.300. The van der Waals surface area contributed by atoms with Gasteiger partial charge in [0.25, 0.3) is 0 Å². The lowest BCUT2D eigenvalue weighted by Crippen LogP contribution is -2.07. The summed E-state index contributed by atoms with van der Waals surface area (Å²) in [6, 6.07) is 4.43. The highest BCUT2D eigenvalue weighted by molar-refractivity contribution is 5.64. The molecule has 4 rings (SSSR count). The maximum Gasteiger partial charge on any atom is 0.512 e. The first-order chi connectivity index (χ1) is 13.3. The van der Waals surface area contributed by atoms with E-state index in [9.17, 15) is 13.6 Å². The number of carbonyl (C=O) groups is 1. The number of carboxylic acid groups (broad SMARTS) is 1. The molecule has 1 aromatic carbocycles. The van der Waals surface area contributed by atoms with Crippen molar-refractivity contribution in [3.05, 3.63) is 58.4 Å². The second-order valence-electron chi connectivity index (χ2n) is 6.94. The number of aryl methyl sites for hydroxylation is 2. The van der Waals surface area contributed by atoms with Crippen LogP contribution in [0.5, 0.6) is 11.6 Å². The molecule has 146 valence electrons. The van der Waals surface area contributed by atoms with Crippen LogP contribution in [0.25, 0.3) is 5.65 Å². The maximum absolute atomic E-state index is 14.7. The van der Waals surface area contributed by atoms with E-state index in [4.69, 9.17) is 14.6 Å². The molecular weight excluding hydrogens is 370 g/mol. The Hall–Kier alpha value is -3.16. The minimum absolute atomic E-state index is 0.0455. The van der Waals surface area contributed by atoms with Crippen molar-refractivity contribution < 1.29 is 28.2 Å². The van der Waals surface area contributed by atoms with E-state index in [0.29, 0.717) is 16.9 Å². The summed E-state index contributed by atoms with van der Waals surface area (Å²) in [4.78, 5) is 15.2. The van der Waals surface area contributed by atoms with Crippen molar-refractivity contribution in [1.29, 1.82) is 0 Å². The molecule has 0 atom stereocenters. The first kappa shape index (κ1) is 18.2. The molecule has 1 saturated carbocycles. The minimum atomic E-state index is -1.46. The Bertz CT molecular complexity index is 1090. The number of aromatic nitrogens is 2. The van der Waals surface area contributed by atoms with Gasteiger partial charge >= 0.3 is 6.16 Å². The van der Waals surface area contributed by atoms with Crippen molar-refractivity contribution in [3.8, 4) is 11.6 Å². The van der Waals surface area contributed by atoms with E-state index in [-0.39, 0.29) is 29.7 Å². The Kier molecular flexibility index (Phi) is 4.41. The standard InChI is InChI=1S/C20H18F2N2O4/c1-10-7-16(18-23-11(2)19(24(18)8-10)28-20(25)26)27-9-14-15(21)6-5-13(17(14)22)12-3-4-12/h5-8,12H,3-4,9H2,1-2H3,(H,25,26). The number of fused-ring (bicyclic) bond motifs is 1. The molecule has 0 saturated heterocycles. The highest BCUT2D eigenvalue weighted by atomic mass is 19.1. The summed E-state index contributed by atoms with van der Waals surface area (Å²) in [6.45, 7) is 3.07. The molecule has 2 heterocycles. The van der Waals surface area contributed by atoms with Gasteiger partial charge in [-0.05, 0) is 55.9 Å². The third-order valence-electron chi connectivity index (χ3n) is 4.73. The van der Waals surface area contributed by atoms with Crippen LogP contribution in [-0.4, -0.2) is 20.6 Å². The van der Waals surface area contributed by atoms with Gasteiger partial charge in [-0.3, -0.25) is 4.40 Å². The molecule has 1 aliphatic carbocycles. The van der Waals surface area contributed by atoms with Gasteiger partial charge in [0.2, 0.25) is 5.88 Å². The molecular formula is C20H18F2N2O4. The molecule has 1 aliphatic rings.